The average Bonchev–Trinajstić information content (AvgIpc) is 1.82. The van der Waals surface area contributed by atoms with Crippen LogP contribution in [0, 0.1) is 0 Å². The van der Waals surface area contributed by atoms with Gasteiger partial charge >= 0.3 is 5.97 Å². The Morgan fingerprint density at radius 3 is 2.56 bits per heavy atom. The second-order valence-corrected chi connectivity index (χ2v) is 1.69. The lowest BCUT2D eigenvalue weighted by atomic mass is 9.90. The zero-order chi connectivity index (χ0) is 7.28. The SMILES string of the molecule is CNC(CBO)C(=O)O. The number of rotatable bonds is 4. The van der Waals surface area contributed by atoms with Crippen molar-refractivity contribution in [2.75, 3.05) is 7.05 Å². The molecule has 1 atom stereocenters. The van der Waals surface area contributed by atoms with Crippen LogP contribution in [0.1, 0.15) is 0 Å². The lowest BCUT2D eigenvalue weighted by Gasteiger charge is -2.06. The van der Waals surface area contributed by atoms with E-state index >= 15 is 0 Å². The van der Waals surface area contributed by atoms with E-state index in [2.05, 4.69) is 5.32 Å². The lowest BCUT2D eigenvalue weighted by Crippen LogP contribution is -2.34. The normalized spacial score (nSPS) is 12.7. The molecule has 0 amide bonds. The maximum atomic E-state index is 10.1. The Morgan fingerprint density at radius 1 is 1.89 bits per heavy atom. The van der Waals surface area contributed by atoms with E-state index in [1.807, 2.05) is 0 Å². The number of hydrogen-bond acceptors (Lipinski definition) is 3. The minimum Gasteiger partial charge on any atom is -0.480 e. The van der Waals surface area contributed by atoms with Crippen LogP contribution in [-0.4, -0.2) is 36.7 Å². The van der Waals surface area contributed by atoms with Gasteiger partial charge in [0.1, 0.15) is 6.04 Å². The van der Waals surface area contributed by atoms with E-state index < -0.39 is 12.0 Å². The maximum absolute atomic E-state index is 10.1. The number of hydrogen-bond donors (Lipinski definition) is 3. The molecule has 0 fully saturated rings. The predicted octanol–water partition coefficient (Wildman–Crippen LogP) is -1.58. The molecule has 0 aromatic rings. The van der Waals surface area contributed by atoms with Gasteiger partial charge in [-0.15, -0.1) is 0 Å². The second kappa shape index (κ2) is 4.35. The van der Waals surface area contributed by atoms with Gasteiger partial charge in [0.05, 0.1) is 0 Å². The monoisotopic (exact) mass is 131 g/mol. The van der Waals surface area contributed by atoms with Gasteiger partial charge in [-0.25, -0.2) is 0 Å². The molecule has 5 heteroatoms. The summed E-state index contributed by atoms with van der Waals surface area (Å²) in [6.07, 6.45) is 0.256. The van der Waals surface area contributed by atoms with Crippen LogP contribution in [0.25, 0.3) is 0 Å². The average molecular weight is 131 g/mol. The summed E-state index contributed by atoms with van der Waals surface area (Å²) in [5.41, 5.74) is 0. The minimum absolute atomic E-state index is 0.0994. The van der Waals surface area contributed by atoms with Gasteiger partial charge < -0.3 is 15.4 Å². The molecule has 52 valence electrons. The number of carboxylic acid groups (broad SMARTS) is 1. The highest BCUT2D eigenvalue weighted by atomic mass is 16.4. The van der Waals surface area contributed by atoms with Crippen LogP contribution >= 0.6 is 0 Å². The summed E-state index contributed by atoms with van der Waals surface area (Å²) in [6.45, 7) is 0. The molecule has 0 rings (SSSR count). The molecule has 0 aromatic carbocycles. The first-order chi connectivity index (χ1) is 4.22. The van der Waals surface area contributed by atoms with Crippen LogP contribution in [0.5, 0.6) is 0 Å². The molecule has 3 N–H and O–H groups in total. The Balaban J connectivity index is 3.54. The second-order valence-electron chi connectivity index (χ2n) is 1.69. The Labute approximate surface area is 54.2 Å². The quantitative estimate of drug-likeness (QED) is 0.402. The van der Waals surface area contributed by atoms with Crippen LogP contribution in [0.15, 0.2) is 0 Å². The Bertz CT molecular complexity index is 97.8. The highest BCUT2D eigenvalue weighted by Crippen LogP contribution is 1.88. The van der Waals surface area contributed by atoms with Crippen LogP contribution < -0.4 is 5.32 Å². The summed E-state index contributed by atoms with van der Waals surface area (Å²) in [4.78, 5) is 10.1. The van der Waals surface area contributed by atoms with Crippen molar-refractivity contribution in [3.05, 3.63) is 0 Å². The van der Waals surface area contributed by atoms with E-state index in [0.29, 0.717) is 0 Å². The number of carboxylic acids is 1. The van der Waals surface area contributed by atoms with E-state index in [1.54, 1.807) is 7.05 Å². The van der Waals surface area contributed by atoms with E-state index in [1.165, 1.54) is 0 Å². The number of aliphatic carboxylic acids is 1. The first-order valence-corrected chi connectivity index (χ1v) is 2.73. The third-order valence-electron chi connectivity index (χ3n) is 1.06. The Kier molecular flexibility index (Phi) is 4.08. The van der Waals surface area contributed by atoms with Crippen molar-refractivity contribution in [3.63, 3.8) is 0 Å². The molecule has 0 saturated carbocycles. The first kappa shape index (κ1) is 8.45. The van der Waals surface area contributed by atoms with Crippen molar-refractivity contribution in [2.24, 2.45) is 0 Å². The van der Waals surface area contributed by atoms with Gasteiger partial charge in [0.15, 0.2) is 0 Å². The fourth-order valence-electron chi connectivity index (χ4n) is 0.520. The summed E-state index contributed by atoms with van der Waals surface area (Å²) in [7, 11) is 1.45. The number of nitrogens with one attached hydrogen (secondary N) is 1. The molecule has 0 aromatic heterocycles. The molecule has 0 radical (unpaired) electrons. The molecular formula is C4H10BNO3. The van der Waals surface area contributed by atoms with Gasteiger partial charge in [-0.3, -0.25) is 4.79 Å². The first-order valence-electron chi connectivity index (χ1n) is 2.73. The topological polar surface area (TPSA) is 69.6 Å². The maximum Gasteiger partial charge on any atom is 0.320 e. The van der Waals surface area contributed by atoms with E-state index in [0.717, 1.165) is 0 Å². The molecule has 0 aliphatic rings. The molecule has 0 saturated heterocycles. The smallest absolute Gasteiger partial charge is 0.320 e. The van der Waals surface area contributed by atoms with Gasteiger partial charge in [0, 0.05) is 0 Å². The lowest BCUT2D eigenvalue weighted by molar-refractivity contribution is -0.138. The zero-order valence-electron chi connectivity index (χ0n) is 5.29. The molecule has 0 spiro atoms. The summed E-state index contributed by atoms with van der Waals surface area (Å²) < 4.78 is 0. The third kappa shape index (κ3) is 3.10. The van der Waals surface area contributed by atoms with Gasteiger partial charge in [-0.1, -0.05) is 0 Å². The van der Waals surface area contributed by atoms with Crippen LogP contribution in [0.4, 0.5) is 0 Å². The van der Waals surface area contributed by atoms with Crippen molar-refractivity contribution in [2.45, 2.75) is 12.4 Å². The van der Waals surface area contributed by atoms with Crippen LogP contribution in [0.2, 0.25) is 6.32 Å². The van der Waals surface area contributed by atoms with Crippen molar-refractivity contribution >= 4 is 13.5 Å². The predicted molar refractivity (Wildman–Crippen MR) is 34.7 cm³/mol. The summed E-state index contributed by atoms with van der Waals surface area (Å²) in [5, 5.41) is 19.2. The van der Waals surface area contributed by atoms with Crippen LogP contribution in [0.3, 0.4) is 0 Å². The largest absolute Gasteiger partial charge is 0.480 e. The van der Waals surface area contributed by atoms with Crippen molar-refractivity contribution in [1.82, 2.24) is 5.32 Å². The molecule has 0 heterocycles. The fraction of sp³-hybridized carbons (Fsp3) is 0.750. The molecule has 0 aliphatic carbocycles. The van der Waals surface area contributed by atoms with Gasteiger partial charge in [-0.2, -0.15) is 0 Å². The van der Waals surface area contributed by atoms with Gasteiger partial charge in [0.25, 0.3) is 7.48 Å². The van der Waals surface area contributed by atoms with Gasteiger partial charge in [-0.05, 0) is 13.4 Å². The highest BCUT2D eigenvalue weighted by molar-refractivity contribution is 6.26. The summed E-state index contributed by atoms with van der Waals surface area (Å²) >= 11 is 0. The van der Waals surface area contributed by atoms with Crippen molar-refractivity contribution < 1.29 is 14.9 Å². The summed E-state index contributed by atoms with van der Waals surface area (Å²) in [5.74, 6) is -0.924. The van der Waals surface area contributed by atoms with Gasteiger partial charge in [0.2, 0.25) is 0 Å². The molecular weight excluding hydrogens is 121 g/mol. The minimum atomic E-state index is -0.924. The Hall–Kier alpha value is -0.545. The molecule has 1 unspecified atom stereocenters. The summed E-state index contributed by atoms with van der Waals surface area (Å²) in [6, 6.07) is -0.616. The Morgan fingerprint density at radius 2 is 2.44 bits per heavy atom. The third-order valence-corrected chi connectivity index (χ3v) is 1.06. The van der Waals surface area contributed by atoms with E-state index in [-0.39, 0.29) is 13.8 Å². The van der Waals surface area contributed by atoms with Crippen molar-refractivity contribution in [3.8, 4) is 0 Å². The molecule has 9 heavy (non-hydrogen) atoms. The standard InChI is InChI=1S/C4H10BNO3/c1-6-3(2-5-9)4(7)8/h3,5-6,9H,2H2,1H3,(H,7,8). The van der Waals surface area contributed by atoms with E-state index in [9.17, 15) is 4.79 Å². The molecule has 0 bridgehead atoms. The van der Waals surface area contributed by atoms with Crippen molar-refractivity contribution in [1.29, 1.82) is 0 Å². The molecule has 4 nitrogen and oxygen atoms in total. The zero-order valence-corrected chi connectivity index (χ0v) is 5.29. The number of likely N-dealkylation sites (N-methyl/N-ethyl adjacent to an activating group) is 1. The number of carbonyl (C=O) groups is 1. The van der Waals surface area contributed by atoms with Crippen LogP contribution in [-0.2, 0) is 4.79 Å². The molecule has 0 aliphatic heterocycles. The van der Waals surface area contributed by atoms with E-state index in [4.69, 9.17) is 10.1 Å². The fourth-order valence-corrected chi connectivity index (χ4v) is 0.520. The highest BCUT2D eigenvalue weighted by Gasteiger charge is 2.13.